The number of ether oxygens (including phenoxy) is 1. The van der Waals surface area contributed by atoms with Gasteiger partial charge in [-0.3, -0.25) is 4.79 Å². The second-order valence-electron chi connectivity index (χ2n) is 7.86. The molecular formula is C20H30N2O4S. The first-order valence-electron chi connectivity index (χ1n) is 9.69. The van der Waals surface area contributed by atoms with Gasteiger partial charge in [0.05, 0.1) is 6.26 Å². The van der Waals surface area contributed by atoms with Crippen molar-refractivity contribution in [1.82, 2.24) is 9.21 Å². The molecule has 1 unspecified atom stereocenters. The predicted molar refractivity (Wildman–Crippen MR) is 105 cm³/mol. The number of amides is 1. The Balaban J connectivity index is 1.80. The Hall–Kier alpha value is -1.44. The van der Waals surface area contributed by atoms with Crippen LogP contribution in [-0.2, 0) is 14.8 Å². The van der Waals surface area contributed by atoms with E-state index in [4.69, 9.17) is 4.74 Å². The molecule has 1 atom stereocenters. The fourth-order valence-corrected chi connectivity index (χ4v) is 5.87. The van der Waals surface area contributed by atoms with Crippen LogP contribution in [0.5, 0.6) is 0 Å². The second-order valence-corrected chi connectivity index (χ2v) is 9.75. The molecule has 27 heavy (non-hydrogen) atoms. The number of nitrogens with zero attached hydrogens (tertiary/aromatic N) is 2. The van der Waals surface area contributed by atoms with Crippen LogP contribution in [0.4, 0.5) is 0 Å². The first-order chi connectivity index (χ1) is 12.8. The molecule has 0 saturated carbocycles. The van der Waals surface area contributed by atoms with E-state index < -0.39 is 10.0 Å². The van der Waals surface area contributed by atoms with E-state index in [1.54, 1.807) is 4.31 Å². The molecule has 3 rings (SSSR count). The van der Waals surface area contributed by atoms with Crippen molar-refractivity contribution in [1.29, 1.82) is 0 Å². The van der Waals surface area contributed by atoms with Gasteiger partial charge in [0.15, 0.2) is 0 Å². The molecule has 0 aliphatic carbocycles. The molecule has 0 aromatic heterocycles. The van der Waals surface area contributed by atoms with Gasteiger partial charge in [-0.15, -0.1) is 0 Å². The van der Waals surface area contributed by atoms with E-state index in [0.717, 1.165) is 24.0 Å². The zero-order valence-electron chi connectivity index (χ0n) is 16.5. The van der Waals surface area contributed by atoms with Gasteiger partial charge in [0.1, 0.15) is 0 Å². The van der Waals surface area contributed by atoms with Gasteiger partial charge >= 0.3 is 0 Å². The number of aryl methyl sites for hydroxylation is 2. The van der Waals surface area contributed by atoms with Crippen LogP contribution in [0.3, 0.4) is 0 Å². The van der Waals surface area contributed by atoms with Crippen LogP contribution in [0.2, 0.25) is 0 Å². The Bertz CT molecular complexity index is 767. The quantitative estimate of drug-likeness (QED) is 0.786. The van der Waals surface area contributed by atoms with Crippen LogP contribution >= 0.6 is 0 Å². The van der Waals surface area contributed by atoms with Gasteiger partial charge < -0.3 is 9.64 Å². The highest BCUT2D eigenvalue weighted by molar-refractivity contribution is 7.88. The molecular weight excluding hydrogens is 364 g/mol. The van der Waals surface area contributed by atoms with Crippen molar-refractivity contribution in [2.24, 2.45) is 0 Å². The molecule has 0 bridgehead atoms. The average Bonchev–Trinajstić information content (AvgIpc) is 2.60. The molecule has 150 valence electrons. The fraction of sp³-hybridized carbons (Fsp3) is 0.650. The number of rotatable bonds is 4. The summed E-state index contributed by atoms with van der Waals surface area (Å²) in [6, 6.07) is 5.67. The summed E-state index contributed by atoms with van der Waals surface area (Å²) >= 11 is 0. The second kappa shape index (κ2) is 8.29. The third-order valence-electron chi connectivity index (χ3n) is 5.45. The van der Waals surface area contributed by atoms with Gasteiger partial charge in [-0.05, 0) is 51.7 Å². The van der Waals surface area contributed by atoms with Gasteiger partial charge in [0.2, 0.25) is 10.0 Å². The zero-order chi connectivity index (χ0) is 19.6. The predicted octanol–water partition coefficient (Wildman–Crippen LogP) is 2.35. The standard InChI is InChI=1S/C20H30N2O4S/c1-15-11-16(2)13-17(12-15)20(23)21-8-4-5-19(14-21)22(27(3,24)25)18-6-9-26-10-7-18/h11-13,18-19H,4-10,14H2,1-3H3. The molecule has 6 nitrogen and oxygen atoms in total. The molecule has 0 spiro atoms. The number of hydrogen-bond donors (Lipinski definition) is 0. The maximum atomic E-state index is 13.0. The Morgan fingerprint density at radius 2 is 1.70 bits per heavy atom. The van der Waals surface area contributed by atoms with Gasteiger partial charge in [0, 0.05) is 44.0 Å². The van der Waals surface area contributed by atoms with E-state index >= 15 is 0 Å². The van der Waals surface area contributed by atoms with E-state index in [1.807, 2.05) is 36.9 Å². The van der Waals surface area contributed by atoms with Crippen LogP contribution in [0.25, 0.3) is 0 Å². The summed E-state index contributed by atoms with van der Waals surface area (Å²) in [4.78, 5) is 14.9. The summed E-state index contributed by atoms with van der Waals surface area (Å²) in [7, 11) is -3.35. The third-order valence-corrected chi connectivity index (χ3v) is 6.81. The highest BCUT2D eigenvalue weighted by Gasteiger charge is 2.37. The number of likely N-dealkylation sites (tertiary alicyclic amines) is 1. The molecule has 0 N–H and O–H groups in total. The lowest BCUT2D eigenvalue weighted by molar-refractivity contribution is 0.0342. The summed E-state index contributed by atoms with van der Waals surface area (Å²) in [5.41, 5.74) is 2.81. The van der Waals surface area contributed by atoms with Crippen LogP contribution in [-0.4, -0.2) is 68.2 Å². The van der Waals surface area contributed by atoms with Crippen molar-refractivity contribution >= 4 is 15.9 Å². The van der Waals surface area contributed by atoms with Crippen molar-refractivity contribution in [3.05, 3.63) is 34.9 Å². The minimum absolute atomic E-state index is 0.00747. The first kappa shape index (κ1) is 20.3. The van der Waals surface area contributed by atoms with Crippen molar-refractivity contribution in [3.8, 4) is 0 Å². The number of piperidine rings is 1. The van der Waals surface area contributed by atoms with Crippen molar-refractivity contribution in [2.75, 3.05) is 32.6 Å². The lowest BCUT2D eigenvalue weighted by atomic mass is 10.00. The lowest BCUT2D eigenvalue weighted by Gasteiger charge is -2.42. The molecule has 2 saturated heterocycles. The van der Waals surface area contributed by atoms with Crippen LogP contribution < -0.4 is 0 Å². The highest BCUT2D eigenvalue weighted by atomic mass is 32.2. The molecule has 7 heteroatoms. The number of hydrogen-bond acceptors (Lipinski definition) is 4. The van der Waals surface area contributed by atoms with E-state index in [1.165, 1.54) is 6.26 Å². The Morgan fingerprint density at radius 1 is 1.07 bits per heavy atom. The number of carbonyl (C=O) groups excluding carboxylic acids is 1. The summed E-state index contributed by atoms with van der Waals surface area (Å²) in [6.45, 7) is 6.28. The topological polar surface area (TPSA) is 66.9 Å². The fourth-order valence-electron chi connectivity index (χ4n) is 4.41. The molecule has 0 radical (unpaired) electrons. The van der Waals surface area contributed by atoms with Crippen LogP contribution in [0, 0.1) is 13.8 Å². The minimum Gasteiger partial charge on any atom is -0.381 e. The Kier molecular flexibility index (Phi) is 6.23. The zero-order valence-corrected chi connectivity index (χ0v) is 17.3. The largest absolute Gasteiger partial charge is 0.381 e. The Morgan fingerprint density at radius 3 is 2.30 bits per heavy atom. The summed E-state index contributed by atoms with van der Waals surface area (Å²) in [5, 5.41) is 0. The minimum atomic E-state index is -3.35. The smallest absolute Gasteiger partial charge is 0.253 e. The molecule has 2 fully saturated rings. The Labute approximate surface area is 162 Å². The van der Waals surface area contributed by atoms with Gasteiger partial charge in [-0.2, -0.15) is 4.31 Å². The van der Waals surface area contributed by atoms with Crippen LogP contribution in [0.1, 0.15) is 47.2 Å². The summed E-state index contributed by atoms with van der Waals surface area (Å²) in [5.74, 6) is -0.00747. The van der Waals surface area contributed by atoms with E-state index in [-0.39, 0.29) is 18.0 Å². The molecule has 2 aliphatic rings. The van der Waals surface area contributed by atoms with Gasteiger partial charge in [-0.25, -0.2) is 8.42 Å². The van der Waals surface area contributed by atoms with Crippen LogP contribution in [0.15, 0.2) is 18.2 Å². The lowest BCUT2D eigenvalue weighted by Crippen LogP contribution is -2.55. The number of carbonyl (C=O) groups is 1. The first-order valence-corrected chi connectivity index (χ1v) is 11.5. The van der Waals surface area contributed by atoms with Crippen molar-refractivity contribution in [2.45, 2.75) is 51.6 Å². The molecule has 1 amide bonds. The molecule has 1 aromatic carbocycles. The van der Waals surface area contributed by atoms with E-state index in [2.05, 4.69) is 0 Å². The maximum absolute atomic E-state index is 13.0. The normalized spacial score (nSPS) is 22.2. The summed E-state index contributed by atoms with van der Waals surface area (Å²) < 4.78 is 32.2. The van der Waals surface area contributed by atoms with Crippen molar-refractivity contribution < 1.29 is 17.9 Å². The average molecular weight is 395 g/mol. The molecule has 2 heterocycles. The molecule has 1 aromatic rings. The third kappa shape index (κ3) is 4.89. The van der Waals surface area contributed by atoms with E-state index in [0.29, 0.717) is 44.7 Å². The SMILES string of the molecule is Cc1cc(C)cc(C(=O)N2CCCC(N(C3CCOCC3)S(C)(=O)=O)C2)c1. The van der Waals surface area contributed by atoms with E-state index in [9.17, 15) is 13.2 Å². The monoisotopic (exact) mass is 394 g/mol. The number of sulfonamides is 1. The van der Waals surface area contributed by atoms with Gasteiger partial charge in [-0.1, -0.05) is 17.2 Å². The van der Waals surface area contributed by atoms with Gasteiger partial charge in [0.25, 0.3) is 5.91 Å². The molecule has 2 aliphatic heterocycles. The summed E-state index contributed by atoms with van der Waals surface area (Å²) in [6.07, 6.45) is 4.33. The highest BCUT2D eigenvalue weighted by Crippen LogP contribution is 2.26. The maximum Gasteiger partial charge on any atom is 0.253 e. The number of benzene rings is 1. The van der Waals surface area contributed by atoms with Crippen molar-refractivity contribution in [3.63, 3.8) is 0 Å².